The molecule has 0 aliphatic carbocycles. The molecule has 0 saturated carbocycles. The molecule has 1 N–H and O–H groups in total. The summed E-state index contributed by atoms with van der Waals surface area (Å²) in [6.07, 6.45) is 3.18. The number of likely N-dealkylation sites (tertiary alicyclic amines) is 1. The third-order valence-electron chi connectivity index (χ3n) is 4.63. The second kappa shape index (κ2) is 7.20. The van der Waals surface area contributed by atoms with Crippen molar-refractivity contribution in [3.8, 4) is 0 Å². The van der Waals surface area contributed by atoms with E-state index in [1.54, 1.807) is 0 Å². The van der Waals surface area contributed by atoms with Gasteiger partial charge < -0.3 is 10.2 Å². The fourth-order valence-electron chi connectivity index (χ4n) is 3.38. The van der Waals surface area contributed by atoms with E-state index in [1.807, 2.05) is 17.0 Å². The zero-order chi connectivity index (χ0) is 15.4. The Morgan fingerprint density at radius 3 is 2.59 bits per heavy atom. The zero-order valence-corrected chi connectivity index (χ0v) is 12.9. The van der Waals surface area contributed by atoms with Crippen LogP contribution in [0.5, 0.6) is 0 Å². The van der Waals surface area contributed by atoms with E-state index in [9.17, 15) is 9.18 Å². The number of nitrogens with one attached hydrogen (secondary N) is 1. The van der Waals surface area contributed by atoms with Gasteiger partial charge in [-0.15, -0.1) is 0 Å². The number of piperazine rings is 1. The van der Waals surface area contributed by atoms with Crippen LogP contribution in [-0.2, 0) is 11.3 Å². The maximum Gasteiger partial charge on any atom is 0.240 e. The van der Waals surface area contributed by atoms with Crippen LogP contribution in [0.4, 0.5) is 4.39 Å². The van der Waals surface area contributed by atoms with Crippen molar-refractivity contribution in [1.29, 1.82) is 0 Å². The minimum atomic E-state index is -0.212. The van der Waals surface area contributed by atoms with E-state index >= 15 is 0 Å². The average Bonchev–Trinajstić information content (AvgIpc) is 2.58. The van der Waals surface area contributed by atoms with Crippen molar-refractivity contribution in [2.75, 3.05) is 32.7 Å². The van der Waals surface area contributed by atoms with Crippen molar-refractivity contribution in [2.45, 2.75) is 31.8 Å². The molecular formula is C17H24FN3O. The van der Waals surface area contributed by atoms with Gasteiger partial charge in [0.2, 0.25) is 5.91 Å². The van der Waals surface area contributed by atoms with E-state index in [0.717, 1.165) is 64.1 Å². The van der Waals surface area contributed by atoms with Gasteiger partial charge in [-0.05, 0) is 37.1 Å². The van der Waals surface area contributed by atoms with Crippen LogP contribution >= 0.6 is 0 Å². The predicted octanol–water partition coefficient (Wildman–Crippen LogP) is 1.61. The molecule has 0 aromatic heterocycles. The van der Waals surface area contributed by atoms with Crippen LogP contribution in [0.1, 0.15) is 24.8 Å². The average molecular weight is 305 g/mol. The first kappa shape index (κ1) is 15.4. The lowest BCUT2D eigenvalue weighted by atomic mass is 9.99. The number of rotatable bonds is 3. The van der Waals surface area contributed by atoms with E-state index in [0.29, 0.717) is 0 Å². The van der Waals surface area contributed by atoms with Gasteiger partial charge in [0, 0.05) is 32.7 Å². The molecule has 0 bridgehead atoms. The normalized spacial score (nSPS) is 23.5. The lowest BCUT2D eigenvalue weighted by Gasteiger charge is -2.39. The molecule has 22 heavy (non-hydrogen) atoms. The molecule has 3 rings (SSSR count). The fourth-order valence-corrected chi connectivity index (χ4v) is 3.38. The summed E-state index contributed by atoms with van der Waals surface area (Å²) in [4.78, 5) is 17.1. The van der Waals surface area contributed by atoms with Gasteiger partial charge in [0.25, 0.3) is 0 Å². The third kappa shape index (κ3) is 3.65. The molecular weight excluding hydrogens is 281 g/mol. The molecule has 1 aromatic carbocycles. The van der Waals surface area contributed by atoms with Crippen molar-refractivity contribution in [1.82, 2.24) is 15.1 Å². The summed E-state index contributed by atoms with van der Waals surface area (Å²) in [6.45, 7) is 5.05. The minimum absolute atomic E-state index is 0.0168. The van der Waals surface area contributed by atoms with Crippen molar-refractivity contribution in [3.05, 3.63) is 35.6 Å². The highest BCUT2D eigenvalue weighted by Crippen LogP contribution is 2.21. The van der Waals surface area contributed by atoms with Gasteiger partial charge in [-0.2, -0.15) is 0 Å². The summed E-state index contributed by atoms with van der Waals surface area (Å²) in [5.41, 5.74) is 1.07. The van der Waals surface area contributed by atoms with Gasteiger partial charge in [0.1, 0.15) is 5.82 Å². The summed E-state index contributed by atoms with van der Waals surface area (Å²) < 4.78 is 13.0. The molecule has 2 aliphatic rings. The number of halogens is 1. The van der Waals surface area contributed by atoms with Crippen molar-refractivity contribution >= 4 is 5.91 Å². The highest BCUT2D eigenvalue weighted by atomic mass is 19.1. The van der Waals surface area contributed by atoms with Crippen LogP contribution in [0.25, 0.3) is 0 Å². The van der Waals surface area contributed by atoms with Crippen molar-refractivity contribution < 1.29 is 9.18 Å². The number of amides is 1. The summed E-state index contributed by atoms with van der Waals surface area (Å²) >= 11 is 0. The number of hydrogen-bond acceptors (Lipinski definition) is 3. The summed E-state index contributed by atoms with van der Waals surface area (Å²) in [5, 5.41) is 3.29. The number of nitrogens with zero attached hydrogens (tertiary/aromatic N) is 2. The summed E-state index contributed by atoms with van der Waals surface area (Å²) in [7, 11) is 0. The molecule has 5 heteroatoms. The largest absolute Gasteiger partial charge is 0.339 e. The van der Waals surface area contributed by atoms with Crippen LogP contribution in [0.3, 0.4) is 0 Å². The maximum absolute atomic E-state index is 13.0. The predicted molar refractivity (Wildman–Crippen MR) is 83.9 cm³/mol. The van der Waals surface area contributed by atoms with E-state index in [-0.39, 0.29) is 17.8 Å². The topological polar surface area (TPSA) is 35.6 Å². The van der Waals surface area contributed by atoms with Gasteiger partial charge >= 0.3 is 0 Å². The smallest absolute Gasteiger partial charge is 0.240 e. The number of piperidine rings is 1. The van der Waals surface area contributed by atoms with Crippen LogP contribution in [0.15, 0.2) is 24.3 Å². The Labute approximate surface area is 131 Å². The van der Waals surface area contributed by atoms with Gasteiger partial charge in [-0.1, -0.05) is 18.6 Å². The Balaban J connectivity index is 1.67. The Morgan fingerprint density at radius 2 is 1.86 bits per heavy atom. The number of carbonyl (C=O) groups excluding carboxylic acids is 1. The molecule has 0 spiro atoms. The lowest BCUT2D eigenvalue weighted by Crippen LogP contribution is -2.55. The Morgan fingerprint density at radius 1 is 1.14 bits per heavy atom. The van der Waals surface area contributed by atoms with Gasteiger partial charge in [-0.3, -0.25) is 9.69 Å². The Kier molecular flexibility index (Phi) is 5.05. The van der Waals surface area contributed by atoms with Crippen LogP contribution in [0.2, 0.25) is 0 Å². The van der Waals surface area contributed by atoms with Crippen molar-refractivity contribution in [2.24, 2.45) is 0 Å². The summed E-state index contributed by atoms with van der Waals surface area (Å²) in [5.74, 6) is 0.0548. The molecule has 1 unspecified atom stereocenters. The molecule has 1 amide bonds. The standard InChI is InChI=1S/C17H24FN3O/c18-15-6-4-14(5-7-15)13-21-10-2-1-3-16(21)17(22)20-11-8-19-9-12-20/h4-7,16,19H,1-3,8-13H2. The lowest BCUT2D eigenvalue weighted by molar-refractivity contribution is -0.139. The van der Waals surface area contributed by atoms with Crippen LogP contribution < -0.4 is 5.32 Å². The Hall–Kier alpha value is -1.46. The van der Waals surface area contributed by atoms with Gasteiger partial charge in [0.15, 0.2) is 0 Å². The van der Waals surface area contributed by atoms with Crippen LogP contribution in [0, 0.1) is 5.82 Å². The number of hydrogen-bond donors (Lipinski definition) is 1. The molecule has 2 aliphatic heterocycles. The Bertz CT molecular complexity index is 499. The summed E-state index contributed by atoms with van der Waals surface area (Å²) in [6, 6.07) is 6.60. The van der Waals surface area contributed by atoms with E-state index < -0.39 is 0 Å². The van der Waals surface area contributed by atoms with E-state index in [4.69, 9.17) is 0 Å². The van der Waals surface area contributed by atoms with Gasteiger partial charge in [-0.25, -0.2) is 4.39 Å². The van der Waals surface area contributed by atoms with E-state index in [2.05, 4.69) is 10.2 Å². The van der Waals surface area contributed by atoms with Crippen molar-refractivity contribution in [3.63, 3.8) is 0 Å². The first-order chi connectivity index (χ1) is 10.7. The minimum Gasteiger partial charge on any atom is -0.339 e. The molecule has 4 nitrogen and oxygen atoms in total. The quantitative estimate of drug-likeness (QED) is 0.921. The first-order valence-corrected chi connectivity index (χ1v) is 8.22. The first-order valence-electron chi connectivity index (χ1n) is 8.22. The second-order valence-electron chi connectivity index (χ2n) is 6.18. The fraction of sp³-hybridized carbons (Fsp3) is 0.588. The third-order valence-corrected chi connectivity index (χ3v) is 4.63. The number of benzene rings is 1. The second-order valence-corrected chi connectivity index (χ2v) is 6.18. The molecule has 2 saturated heterocycles. The molecule has 1 atom stereocenters. The monoisotopic (exact) mass is 305 g/mol. The highest BCUT2D eigenvalue weighted by Gasteiger charge is 2.32. The zero-order valence-electron chi connectivity index (χ0n) is 12.9. The molecule has 120 valence electrons. The molecule has 1 aromatic rings. The molecule has 0 radical (unpaired) electrons. The van der Waals surface area contributed by atoms with Gasteiger partial charge in [0.05, 0.1) is 6.04 Å². The van der Waals surface area contributed by atoms with Crippen LogP contribution in [-0.4, -0.2) is 54.5 Å². The SMILES string of the molecule is O=C(C1CCCCN1Cc1ccc(F)cc1)N1CCNCC1. The maximum atomic E-state index is 13.0. The van der Waals surface area contributed by atoms with E-state index in [1.165, 1.54) is 12.1 Å². The number of carbonyl (C=O) groups is 1. The highest BCUT2D eigenvalue weighted by molar-refractivity contribution is 5.82. The molecule has 2 heterocycles. The molecule has 2 fully saturated rings.